The molecule has 0 radical (unpaired) electrons. The van der Waals surface area contributed by atoms with E-state index in [2.05, 4.69) is 39.7 Å². The van der Waals surface area contributed by atoms with Crippen molar-refractivity contribution < 1.29 is 9.47 Å². The van der Waals surface area contributed by atoms with Crippen LogP contribution in [0.1, 0.15) is 26.7 Å². The lowest BCUT2D eigenvalue weighted by Gasteiger charge is -2.32. The van der Waals surface area contributed by atoms with E-state index in [-0.39, 0.29) is 18.3 Å². The molecule has 1 saturated heterocycles. The Morgan fingerprint density at radius 1 is 1.38 bits per heavy atom. The Hall–Kier alpha value is -0.680. The van der Waals surface area contributed by atoms with Crippen molar-refractivity contribution in [2.75, 3.05) is 0 Å². The monoisotopic (exact) mass is 286 g/mol. The molecule has 2 atom stereocenters. The molecule has 16 heavy (non-hydrogen) atoms. The summed E-state index contributed by atoms with van der Waals surface area (Å²) in [6.07, 6.45) is 5.65. The summed E-state index contributed by atoms with van der Waals surface area (Å²) in [4.78, 5) is 8.01. The van der Waals surface area contributed by atoms with E-state index >= 15 is 0 Å². The SMILES string of the molecule is CC1CC(Oc2ncncc2Br)CC(C)O1. The molecule has 1 aliphatic rings. The molecule has 0 N–H and O–H groups in total. The third-order valence-electron chi connectivity index (χ3n) is 2.57. The van der Waals surface area contributed by atoms with Gasteiger partial charge in [0.05, 0.1) is 16.7 Å². The molecule has 2 unspecified atom stereocenters. The minimum absolute atomic E-state index is 0.171. The van der Waals surface area contributed by atoms with Gasteiger partial charge in [0, 0.05) is 19.0 Å². The smallest absolute Gasteiger partial charge is 0.231 e. The first-order valence-corrected chi connectivity index (χ1v) is 6.22. The van der Waals surface area contributed by atoms with E-state index in [1.165, 1.54) is 6.33 Å². The van der Waals surface area contributed by atoms with Gasteiger partial charge < -0.3 is 9.47 Å². The molecule has 0 amide bonds. The maximum Gasteiger partial charge on any atom is 0.231 e. The van der Waals surface area contributed by atoms with E-state index in [4.69, 9.17) is 9.47 Å². The van der Waals surface area contributed by atoms with Gasteiger partial charge in [0.1, 0.15) is 12.4 Å². The van der Waals surface area contributed by atoms with E-state index in [0.29, 0.717) is 5.88 Å². The summed E-state index contributed by atoms with van der Waals surface area (Å²) < 4.78 is 12.3. The molecule has 4 nitrogen and oxygen atoms in total. The standard InChI is InChI=1S/C11H15BrN2O2/c1-7-3-9(4-8(2)15-7)16-11-10(12)5-13-6-14-11/h5-9H,3-4H2,1-2H3. The Kier molecular flexibility index (Phi) is 3.76. The summed E-state index contributed by atoms with van der Waals surface area (Å²) in [5.74, 6) is 0.612. The highest BCUT2D eigenvalue weighted by atomic mass is 79.9. The van der Waals surface area contributed by atoms with Crippen LogP contribution in [-0.2, 0) is 4.74 Å². The van der Waals surface area contributed by atoms with Crippen LogP contribution in [0.25, 0.3) is 0 Å². The number of nitrogens with zero attached hydrogens (tertiary/aromatic N) is 2. The average molecular weight is 287 g/mol. The minimum atomic E-state index is 0.171. The molecule has 0 aromatic carbocycles. The molecule has 1 aromatic rings. The number of halogens is 1. The second kappa shape index (κ2) is 5.10. The zero-order valence-corrected chi connectivity index (χ0v) is 11.0. The Morgan fingerprint density at radius 2 is 2.06 bits per heavy atom. The zero-order valence-electron chi connectivity index (χ0n) is 9.39. The number of rotatable bonds is 2. The average Bonchev–Trinajstić information content (AvgIpc) is 2.20. The summed E-state index contributed by atoms with van der Waals surface area (Å²) in [6.45, 7) is 4.14. The molecule has 2 heterocycles. The van der Waals surface area contributed by atoms with Crippen LogP contribution in [0.3, 0.4) is 0 Å². The topological polar surface area (TPSA) is 44.2 Å². The first-order chi connectivity index (χ1) is 7.65. The van der Waals surface area contributed by atoms with Gasteiger partial charge in [-0.15, -0.1) is 0 Å². The molecule has 0 spiro atoms. The highest BCUT2D eigenvalue weighted by molar-refractivity contribution is 9.10. The van der Waals surface area contributed by atoms with Crippen molar-refractivity contribution in [3.05, 3.63) is 17.0 Å². The van der Waals surface area contributed by atoms with E-state index in [9.17, 15) is 0 Å². The van der Waals surface area contributed by atoms with Gasteiger partial charge in [0.25, 0.3) is 0 Å². The number of ether oxygens (including phenoxy) is 2. The number of hydrogen-bond donors (Lipinski definition) is 0. The Labute approximate surface area is 104 Å². The molecular formula is C11H15BrN2O2. The lowest BCUT2D eigenvalue weighted by atomic mass is 10.0. The third-order valence-corrected chi connectivity index (χ3v) is 3.11. The predicted octanol–water partition coefficient (Wildman–Crippen LogP) is 2.57. The second-order valence-corrected chi connectivity index (χ2v) is 5.00. The summed E-state index contributed by atoms with van der Waals surface area (Å²) >= 11 is 3.37. The maximum atomic E-state index is 5.85. The molecule has 88 valence electrons. The molecule has 0 aliphatic carbocycles. The van der Waals surface area contributed by atoms with Crippen LogP contribution in [0.2, 0.25) is 0 Å². The Balaban J connectivity index is 2.02. The molecule has 0 saturated carbocycles. The fraction of sp³-hybridized carbons (Fsp3) is 0.636. The summed E-state index contributed by atoms with van der Waals surface area (Å²) in [7, 11) is 0. The van der Waals surface area contributed by atoms with Crippen LogP contribution < -0.4 is 4.74 Å². The molecule has 1 fully saturated rings. The van der Waals surface area contributed by atoms with Crippen LogP contribution in [0, 0.1) is 0 Å². The predicted molar refractivity (Wildman–Crippen MR) is 63.4 cm³/mol. The van der Waals surface area contributed by atoms with Crippen LogP contribution in [0.4, 0.5) is 0 Å². The molecule has 1 aliphatic heterocycles. The first-order valence-electron chi connectivity index (χ1n) is 5.42. The molecular weight excluding hydrogens is 272 g/mol. The fourth-order valence-electron chi connectivity index (χ4n) is 1.99. The molecule has 2 rings (SSSR count). The van der Waals surface area contributed by atoms with Gasteiger partial charge in [0.15, 0.2) is 0 Å². The van der Waals surface area contributed by atoms with E-state index in [0.717, 1.165) is 17.3 Å². The maximum absolute atomic E-state index is 5.85. The lowest BCUT2D eigenvalue weighted by Crippen LogP contribution is -2.35. The number of aromatic nitrogens is 2. The van der Waals surface area contributed by atoms with Gasteiger partial charge in [0.2, 0.25) is 5.88 Å². The quantitative estimate of drug-likeness (QED) is 0.838. The Bertz CT molecular complexity index is 352. The van der Waals surface area contributed by atoms with Gasteiger partial charge in [-0.3, -0.25) is 0 Å². The number of hydrogen-bond acceptors (Lipinski definition) is 4. The second-order valence-electron chi connectivity index (χ2n) is 4.14. The summed E-state index contributed by atoms with van der Waals surface area (Å²) in [5.41, 5.74) is 0. The van der Waals surface area contributed by atoms with Crippen LogP contribution in [-0.4, -0.2) is 28.3 Å². The fourth-order valence-corrected chi connectivity index (χ4v) is 2.30. The highest BCUT2D eigenvalue weighted by Crippen LogP contribution is 2.26. The summed E-state index contributed by atoms with van der Waals surface area (Å²) in [6, 6.07) is 0. The van der Waals surface area contributed by atoms with Crippen molar-refractivity contribution in [2.45, 2.75) is 45.0 Å². The van der Waals surface area contributed by atoms with Crippen molar-refractivity contribution in [3.63, 3.8) is 0 Å². The molecule has 0 bridgehead atoms. The lowest BCUT2D eigenvalue weighted by molar-refractivity contribution is -0.0731. The van der Waals surface area contributed by atoms with Crippen LogP contribution in [0.15, 0.2) is 17.0 Å². The van der Waals surface area contributed by atoms with Crippen molar-refractivity contribution in [3.8, 4) is 5.88 Å². The van der Waals surface area contributed by atoms with Gasteiger partial charge in [-0.25, -0.2) is 9.97 Å². The van der Waals surface area contributed by atoms with E-state index in [1.54, 1.807) is 6.20 Å². The van der Waals surface area contributed by atoms with Gasteiger partial charge in [-0.2, -0.15) is 0 Å². The zero-order chi connectivity index (χ0) is 11.5. The first kappa shape index (κ1) is 11.8. The summed E-state index contributed by atoms with van der Waals surface area (Å²) in [5, 5.41) is 0. The van der Waals surface area contributed by atoms with Crippen molar-refractivity contribution in [1.82, 2.24) is 9.97 Å². The van der Waals surface area contributed by atoms with Gasteiger partial charge >= 0.3 is 0 Å². The normalized spacial score (nSPS) is 30.1. The van der Waals surface area contributed by atoms with Gasteiger partial charge in [-0.1, -0.05) is 0 Å². The highest BCUT2D eigenvalue weighted by Gasteiger charge is 2.26. The largest absolute Gasteiger partial charge is 0.473 e. The minimum Gasteiger partial charge on any atom is -0.473 e. The Morgan fingerprint density at radius 3 is 2.69 bits per heavy atom. The van der Waals surface area contributed by atoms with Crippen molar-refractivity contribution in [2.24, 2.45) is 0 Å². The van der Waals surface area contributed by atoms with Crippen LogP contribution >= 0.6 is 15.9 Å². The molecule has 1 aromatic heterocycles. The van der Waals surface area contributed by atoms with Gasteiger partial charge in [-0.05, 0) is 29.8 Å². The van der Waals surface area contributed by atoms with Crippen molar-refractivity contribution in [1.29, 1.82) is 0 Å². The third kappa shape index (κ3) is 2.92. The van der Waals surface area contributed by atoms with Crippen molar-refractivity contribution >= 4 is 15.9 Å². The van der Waals surface area contributed by atoms with E-state index in [1.807, 2.05) is 0 Å². The van der Waals surface area contributed by atoms with Crippen LogP contribution in [0.5, 0.6) is 5.88 Å². The van der Waals surface area contributed by atoms with E-state index < -0.39 is 0 Å². The molecule has 5 heteroatoms.